The first-order chi connectivity index (χ1) is 12.2. The third-order valence-corrected chi connectivity index (χ3v) is 4.71. The van der Waals surface area contributed by atoms with Gasteiger partial charge < -0.3 is 19.7 Å². The van der Waals surface area contributed by atoms with Crippen LogP contribution in [0.5, 0.6) is 11.5 Å². The van der Waals surface area contributed by atoms with Gasteiger partial charge in [-0.3, -0.25) is 0 Å². The quantitative estimate of drug-likeness (QED) is 0.921. The van der Waals surface area contributed by atoms with Crippen LogP contribution in [0.15, 0.2) is 24.3 Å². The maximum Gasteiger partial charge on any atom is 0.231 e. The van der Waals surface area contributed by atoms with Gasteiger partial charge in [-0.1, -0.05) is 13.0 Å². The molecule has 6 heteroatoms. The maximum atomic E-state index is 5.43. The van der Waals surface area contributed by atoms with Crippen molar-refractivity contribution in [2.75, 3.05) is 30.1 Å². The lowest BCUT2D eigenvalue weighted by atomic mass is 10.0. The molecule has 2 aliphatic heterocycles. The molecule has 1 aromatic heterocycles. The first kappa shape index (κ1) is 16.0. The van der Waals surface area contributed by atoms with Gasteiger partial charge in [0.15, 0.2) is 11.5 Å². The van der Waals surface area contributed by atoms with Gasteiger partial charge in [-0.05, 0) is 43.4 Å². The Morgan fingerprint density at radius 3 is 2.96 bits per heavy atom. The second kappa shape index (κ2) is 6.78. The standard InChI is InChI=1S/C19H24N4O2/c1-13-4-3-7-23(11-13)18-8-14(2)21-19(22-18)20-10-15-5-6-16-17(9-15)25-12-24-16/h5-6,8-9,13H,3-4,7,10-12H2,1-2H3,(H,20,21,22). The van der Waals surface area contributed by atoms with E-state index < -0.39 is 0 Å². The summed E-state index contributed by atoms with van der Waals surface area (Å²) < 4.78 is 10.8. The number of fused-ring (bicyclic) bond motifs is 1. The van der Waals surface area contributed by atoms with Crippen molar-refractivity contribution in [1.29, 1.82) is 0 Å². The molecule has 1 atom stereocenters. The summed E-state index contributed by atoms with van der Waals surface area (Å²) >= 11 is 0. The summed E-state index contributed by atoms with van der Waals surface area (Å²) in [6.45, 7) is 7.41. The van der Waals surface area contributed by atoms with Gasteiger partial charge in [-0.2, -0.15) is 4.98 Å². The number of hydrogen-bond donors (Lipinski definition) is 1. The highest BCUT2D eigenvalue weighted by molar-refractivity contribution is 5.47. The van der Waals surface area contributed by atoms with Crippen LogP contribution in [0.25, 0.3) is 0 Å². The number of nitrogens with one attached hydrogen (secondary N) is 1. The molecule has 2 aromatic rings. The molecule has 132 valence electrons. The maximum absolute atomic E-state index is 5.43. The Morgan fingerprint density at radius 2 is 2.08 bits per heavy atom. The van der Waals surface area contributed by atoms with Gasteiger partial charge in [0.1, 0.15) is 5.82 Å². The molecule has 1 saturated heterocycles. The van der Waals surface area contributed by atoms with Crippen LogP contribution in [0, 0.1) is 12.8 Å². The molecule has 25 heavy (non-hydrogen) atoms. The lowest BCUT2D eigenvalue weighted by Gasteiger charge is -2.32. The minimum Gasteiger partial charge on any atom is -0.454 e. The van der Waals surface area contributed by atoms with E-state index in [4.69, 9.17) is 14.5 Å². The smallest absolute Gasteiger partial charge is 0.231 e. The number of nitrogens with zero attached hydrogens (tertiary/aromatic N) is 3. The molecular formula is C19H24N4O2. The average molecular weight is 340 g/mol. The molecule has 1 unspecified atom stereocenters. The van der Waals surface area contributed by atoms with Gasteiger partial charge in [0.25, 0.3) is 0 Å². The summed E-state index contributed by atoms with van der Waals surface area (Å²) in [6.07, 6.45) is 2.53. The lowest BCUT2D eigenvalue weighted by Crippen LogP contribution is -2.35. The fourth-order valence-corrected chi connectivity index (χ4v) is 3.42. The van der Waals surface area contributed by atoms with Crippen LogP contribution in [-0.2, 0) is 6.54 Å². The van der Waals surface area contributed by atoms with Gasteiger partial charge in [-0.25, -0.2) is 4.98 Å². The lowest BCUT2D eigenvalue weighted by molar-refractivity contribution is 0.174. The zero-order valence-electron chi connectivity index (χ0n) is 14.8. The summed E-state index contributed by atoms with van der Waals surface area (Å²) in [4.78, 5) is 11.6. The van der Waals surface area contributed by atoms with Crippen LogP contribution in [0.3, 0.4) is 0 Å². The largest absolute Gasteiger partial charge is 0.454 e. The number of ether oxygens (including phenoxy) is 2. The van der Waals surface area contributed by atoms with Crippen molar-refractivity contribution >= 4 is 11.8 Å². The molecule has 1 aromatic carbocycles. The molecule has 2 aliphatic rings. The average Bonchev–Trinajstić information content (AvgIpc) is 3.07. The minimum atomic E-state index is 0.296. The highest BCUT2D eigenvalue weighted by atomic mass is 16.7. The molecule has 1 fully saturated rings. The van der Waals surface area contributed by atoms with E-state index in [1.54, 1.807) is 0 Å². The van der Waals surface area contributed by atoms with Crippen molar-refractivity contribution in [3.63, 3.8) is 0 Å². The van der Waals surface area contributed by atoms with Crippen molar-refractivity contribution < 1.29 is 9.47 Å². The fourth-order valence-electron chi connectivity index (χ4n) is 3.42. The van der Waals surface area contributed by atoms with E-state index in [0.29, 0.717) is 25.2 Å². The summed E-state index contributed by atoms with van der Waals surface area (Å²) in [7, 11) is 0. The third-order valence-electron chi connectivity index (χ3n) is 4.71. The number of rotatable bonds is 4. The summed E-state index contributed by atoms with van der Waals surface area (Å²) in [5.41, 5.74) is 2.10. The van der Waals surface area contributed by atoms with Crippen LogP contribution in [0.2, 0.25) is 0 Å². The van der Waals surface area contributed by atoms with Crippen LogP contribution >= 0.6 is 0 Å². The summed E-state index contributed by atoms with van der Waals surface area (Å²) in [6, 6.07) is 8.04. The number of aromatic nitrogens is 2. The number of anilines is 2. The predicted molar refractivity (Wildman–Crippen MR) is 97.3 cm³/mol. The molecule has 0 saturated carbocycles. The highest BCUT2D eigenvalue weighted by Crippen LogP contribution is 2.32. The topological polar surface area (TPSA) is 59.5 Å². The zero-order chi connectivity index (χ0) is 17.2. The molecular weight excluding hydrogens is 316 g/mol. The number of hydrogen-bond acceptors (Lipinski definition) is 6. The SMILES string of the molecule is Cc1cc(N2CCCC(C)C2)nc(NCc2ccc3c(c2)OCO3)n1. The minimum absolute atomic E-state index is 0.296. The fraction of sp³-hybridized carbons (Fsp3) is 0.474. The molecule has 0 radical (unpaired) electrons. The predicted octanol–water partition coefficient (Wildman–Crippen LogP) is 3.36. The molecule has 4 rings (SSSR count). The molecule has 6 nitrogen and oxygen atoms in total. The van der Waals surface area contributed by atoms with E-state index in [0.717, 1.165) is 41.7 Å². The number of benzene rings is 1. The number of piperidine rings is 1. The highest BCUT2D eigenvalue weighted by Gasteiger charge is 2.18. The molecule has 1 N–H and O–H groups in total. The molecule has 0 amide bonds. The van der Waals surface area contributed by atoms with E-state index in [1.807, 2.05) is 25.1 Å². The van der Waals surface area contributed by atoms with Crippen molar-refractivity contribution in [1.82, 2.24) is 9.97 Å². The Hall–Kier alpha value is -2.50. The van der Waals surface area contributed by atoms with Crippen molar-refractivity contribution in [2.45, 2.75) is 33.2 Å². The van der Waals surface area contributed by atoms with Crippen LogP contribution in [0.1, 0.15) is 31.0 Å². The van der Waals surface area contributed by atoms with Gasteiger partial charge in [-0.15, -0.1) is 0 Å². The van der Waals surface area contributed by atoms with E-state index in [2.05, 4.69) is 28.2 Å². The zero-order valence-corrected chi connectivity index (χ0v) is 14.8. The van der Waals surface area contributed by atoms with Crippen LogP contribution < -0.4 is 19.7 Å². The molecule has 0 spiro atoms. The Bertz CT molecular complexity index is 765. The van der Waals surface area contributed by atoms with Gasteiger partial charge in [0.2, 0.25) is 12.7 Å². The first-order valence-corrected chi connectivity index (χ1v) is 8.90. The van der Waals surface area contributed by atoms with Crippen molar-refractivity contribution in [3.05, 3.63) is 35.5 Å². The second-order valence-electron chi connectivity index (χ2n) is 6.93. The number of aryl methyl sites for hydroxylation is 1. The second-order valence-corrected chi connectivity index (χ2v) is 6.93. The van der Waals surface area contributed by atoms with E-state index in [9.17, 15) is 0 Å². The van der Waals surface area contributed by atoms with Crippen LogP contribution in [0.4, 0.5) is 11.8 Å². The summed E-state index contributed by atoms with van der Waals surface area (Å²) in [5, 5.41) is 3.34. The van der Waals surface area contributed by atoms with E-state index >= 15 is 0 Å². The van der Waals surface area contributed by atoms with Crippen LogP contribution in [-0.4, -0.2) is 29.9 Å². The van der Waals surface area contributed by atoms with Crippen molar-refractivity contribution in [2.24, 2.45) is 5.92 Å². The first-order valence-electron chi connectivity index (χ1n) is 8.90. The van der Waals surface area contributed by atoms with Crippen molar-refractivity contribution in [3.8, 4) is 11.5 Å². The molecule has 0 bridgehead atoms. The Balaban J connectivity index is 1.47. The molecule has 0 aliphatic carbocycles. The Kier molecular flexibility index (Phi) is 4.34. The van der Waals surface area contributed by atoms with E-state index in [1.165, 1.54) is 12.8 Å². The van der Waals surface area contributed by atoms with Gasteiger partial charge in [0.05, 0.1) is 0 Å². The summed E-state index contributed by atoms with van der Waals surface area (Å²) in [5.74, 6) is 4.01. The Morgan fingerprint density at radius 1 is 1.20 bits per heavy atom. The normalized spacial score (nSPS) is 19.1. The molecule has 3 heterocycles. The van der Waals surface area contributed by atoms with Gasteiger partial charge in [0, 0.05) is 31.4 Å². The van der Waals surface area contributed by atoms with E-state index in [-0.39, 0.29) is 0 Å². The Labute approximate surface area is 148 Å². The van der Waals surface area contributed by atoms with Gasteiger partial charge >= 0.3 is 0 Å². The monoisotopic (exact) mass is 340 g/mol. The third kappa shape index (κ3) is 3.62.